The molecular weight excluding hydrogens is 368 g/mol. The molecule has 152 valence electrons. The second-order valence-corrected chi connectivity index (χ2v) is 7.45. The molecule has 0 aliphatic carbocycles. The van der Waals surface area contributed by atoms with E-state index in [9.17, 15) is 9.59 Å². The molecule has 29 heavy (non-hydrogen) atoms. The van der Waals surface area contributed by atoms with Gasteiger partial charge in [-0.2, -0.15) is 0 Å². The maximum atomic E-state index is 12.8. The van der Waals surface area contributed by atoms with E-state index in [1.807, 2.05) is 69.3 Å². The number of carbonyl (C=O) groups excluding carboxylic acids is 2. The van der Waals surface area contributed by atoms with E-state index in [1.165, 1.54) is 0 Å². The second-order valence-electron chi connectivity index (χ2n) is 7.45. The van der Waals surface area contributed by atoms with E-state index in [1.54, 1.807) is 7.11 Å². The molecule has 2 aromatic rings. The number of methoxy groups -OCH3 is 1. The van der Waals surface area contributed by atoms with Crippen molar-refractivity contribution < 1.29 is 14.3 Å². The summed E-state index contributed by atoms with van der Waals surface area (Å²) in [5, 5.41) is 2.98. The lowest BCUT2D eigenvalue weighted by Gasteiger charge is -2.36. The van der Waals surface area contributed by atoms with Crippen LogP contribution in [0.2, 0.25) is 0 Å². The van der Waals surface area contributed by atoms with Crippen LogP contribution >= 0.6 is 0 Å². The average molecular weight is 394 g/mol. The van der Waals surface area contributed by atoms with Gasteiger partial charge in [-0.05, 0) is 23.3 Å². The molecule has 2 saturated heterocycles. The topological polar surface area (TPSA) is 65.1 Å². The summed E-state index contributed by atoms with van der Waals surface area (Å²) in [7, 11) is 1.64. The Balaban J connectivity index is 1.32. The van der Waals surface area contributed by atoms with Crippen molar-refractivity contribution in [1.29, 1.82) is 0 Å². The number of nitrogens with zero attached hydrogens (tertiary/aromatic N) is 3. The number of hydrogen-bond acceptors (Lipinski definition) is 3. The number of rotatable bonds is 5. The second kappa shape index (κ2) is 8.43. The van der Waals surface area contributed by atoms with Crippen molar-refractivity contribution in [3.63, 3.8) is 0 Å². The minimum Gasteiger partial charge on any atom is -0.497 e. The predicted octanol–water partition coefficient (Wildman–Crippen LogP) is 2.53. The molecule has 7 heteroatoms. The largest absolute Gasteiger partial charge is 0.497 e. The van der Waals surface area contributed by atoms with Gasteiger partial charge in [0.15, 0.2) is 0 Å². The normalized spacial score (nSPS) is 18.6. The smallest absolute Gasteiger partial charge is 0.320 e. The fourth-order valence-corrected chi connectivity index (χ4v) is 3.93. The number of nitrogens with one attached hydrogen (secondary N) is 1. The lowest BCUT2D eigenvalue weighted by Crippen LogP contribution is -2.55. The fourth-order valence-electron chi connectivity index (χ4n) is 3.93. The summed E-state index contributed by atoms with van der Waals surface area (Å²) in [4.78, 5) is 30.9. The highest BCUT2D eigenvalue weighted by molar-refractivity contribution is 5.79. The number of amides is 4. The Morgan fingerprint density at radius 3 is 2.52 bits per heavy atom. The van der Waals surface area contributed by atoms with Crippen LogP contribution in [0.4, 0.5) is 9.59 Å². The van der Waals surface area contributed by atoms with E-state index < -0.39 is 0 Å². The predicted molar refractivity (Wildman–Crippen MR) is 110 cm³/mol. The number of piperazine rings is 1. The molecule has 1 N–H and O–H groups in total. The van der Waals surface area contributed by atoms with Crippen LogP contribution in [-0.4, -0.2) is 66.1 Å². The third-order valence-electron chi connectivity index (χ3n) is 5.54. The SMILES string of the molecule is COc1ccc(CN2C[C@H]3CN(C(=O)NCc4ccccc4)CCN3C2=O)cc1. The molecular formula is C22H26N4O3. The minimum absolute atomic E-state index is 0.0389. The molecule has 4 amide bonds. The van der Waals surface area contributed by atoms with Gasteiger partial charge in [0.2, 0.25) is 0 Å². The Kier molecular flexibility index (Phi) is 5.55. The number of urea groups is 2. The van der Waals surface area contributed by atoms with Crippen LogP contribution in [-0.2, 0) is 13.1 Å². The number of benzene rings is 2. The highest BCUT2D eigenvalue weighted by Gasteiger charge is 2.41. The first-order valence-electron chi connectivity index (χ1n) is 9.89. The molecule has 0 saturated carbocycles. The van der Waals surface area contributed by atoms with E-state index in [2.05, 4.69) is 5.32 Å². The lowest BCUT2D eigenvalue weighted by atomic mass is 10.2. The summed E-state index contributed by atoms with van der Waals surface area (Å²) >= 11 is 0. The molecule has 0 unspecified atom stereocenters. The molecule has 0 aromatic heterocycles. The van der Waals surface area contributed by atoms with Crippen LogP contribution < -0.4 is 10.1 Å². The molecule has 0 bridgehead atoms. The monoisotopic (exact) mass is 394 g/mol. The highest BCUT2D eigenvalue weighted by Crippen LogP contribution is 2.23. The van der Waals surface area contributed by atoms with Gasteiger partial charge in [0.1, 0.15) is 5.75 Å². The van der Waals surface area contributed by atoms with E-state index >= 15 is 0 Å². The van der Waals surface area contributed by atoms with Crippen LogP contribution in [0.3, 0.4) is 0 Å². The van der Waals surface area contributed by atoms with Gasteiger partial charge < -0.3 is 24.8 Å². The van der Waals surface area contributed by atoms with Gasteiger partial charge in [-0.25, -0.2) is 9.59 Å². The van der Waals surface area contributed by atoms with Gasteiger partial charge in [0.05, 0.1) is 13.2 Å². The zero-order valence-electron chi connectivity index (χ0n) is 16.6. The van der Waals surface area contributed by atoms with Crippen LogP contribution in [0.5, 0.6) is 5.75 Å². The van der Waals surface area contributed by atoms with E-state index in [4.69, 9.17) is 4.74 Å². The number of hydrogen-bond donors (Lipinski definition) is 1. The lowest BCUT2D eigenvalue weighted by molar-refractivity contribution is 0.129. The molecule has 2 heterocycles. The number of fused-ring (bicyclic) bond motifs is 1. The summed E-state index contributed by atoms with van der Waals surface area (Å²) in [5.41, 5.74) is 2.14. The maximum Gasteiger partial charge on any atom is 0.320 e. The third kappa shape index (κ3) is 4.29. The molecule has 2 aliphatic rings. The summed E-state index contributed by atoms with van der Waals surface area (Å²) in [6, 6.07) is 17.6. The van der Waals surface area contributed by atoms with Gasteiger partial charge in [-0.1, -0.05) is 42.5 Å². The van der Waals surface area contributed by atoms with Crippen LogP contribution in [0.15, 0.2) is 54.6 Å². The summed E-state index contributed by atoms with van der Waals surface area (Å²) < 4.78 is 5.19. The van der Waals surface area contributed by atoms with E-state index in [0.717, 1.165) is 16.9 Å². The standard InChI is InChI=1S/C22H26N4O3/c1-29-20-9-7-18(8-10-20)14-25-16-19-15-24(11-12-26(19)22(25)28)21(27)23-13-17-5-3-2-4-6-17/h2-10,19H,11-16H2,1H3,(H,23,27)/t19-/m1/s1. The van der Waals surface area contributed by atoms with E-state index in [0.29, 0.717) is 39.3 Å². The van der Waals surface area contributed by atoms with Gasteiger partial charge in [0.25, 0.3) is 0 Å². The quantitative estimate of drug-likeness (QED) is 0.848. The molecule has 2 aromatic carbocycles. The van der Waals surface area contributed by atoms with Crippen molar-refractivity contribution in [2.45, 2.75) is 19.1 Å². The highest BCUT2D eigenvalue weighted by atomic mass is 16.5. The van der Waals surface area contributed by atoms with Crippen molar-refractivity contribution >= 4 is 12.1 Å². The number of carbonyl (C=O) groups is 2. The van der Waals surface area contributed by atoms with Crippen molar-refractivity contribution in [3.05, 3.63) is 65.7 Å². The first kappa shape index (κ1) is 19.1. The van der Waals surface area contributed by atoms with E-state index in [-0.39, 0.29) is 18.1 Å². The van der Waals surface area contributed by atoms with Gasteiger partial charge >= 0.3 is 12.1 Å². The molecule has 7 nitrogen and oxygen atoms in total. The van der Waals surface area contributed by atoms with Crippen molar-refractivity contribution in [2.24, 2.45) is 0 Å². The molecule has 0 radical (unpaired) electrons. The van der Waals surface area contributed by atoms with Crippen molar-refractivity contribution in [1.82, 2.24) is 20.0 Å². The van der Waals surface area contributed by atoms with Gasteiger partial charge in [-0.3, -0.25) is 0 Å². The zero-order chi connectivity index (χ0) is 20.2. The molecule has 2 aliphatic heterocycles. The van der Waals surface area contributed by atoms with Crippen molar-refractivity contribution in [2.75, 3.05) is 33.3 Å². The molecule has 1 atom stereocenters. The molecule has 2 fully saturated rings. The van der Waals surface area contributed by atoms with Gasteiger partial charge in [0, 0.05) is 39.3 Å². The Hall–Kier alpha value is -3.22. The summed E-state index contributed by atoms with van der Waals surface area (Å²) in [6.45, 7) is 3.39. The Morgan fingerprint density at radius 1 is 1.03 bits per heavy atom. The van der Waals surface area contributed by atoms with Crippen molar-refractivity contribution in [3.8, 4) is 5.75 Å². The average Bonchev–Trinajstić information content (AvgIpc) is 3.08. The first-order chi connectivity index (χ1) is 14.1. The Morgan fingerprint density at radius 2 is 1.79 bits per heavy atom. The summed E-state index contributed by atoms with van der Waals surface area (Å²) in [6.07, 6.45) is 0. The van der Waals surface area contributed by atoms with Crippen LogP contribution in [0.25, 0.3) is 0 Å². The third-order valence-corrected chi connectivity index (χ3v) is 5.54. The number of ether oxygens (including phenoxy) is 1. The van der Waals surface area contributed by atoms with Crippen LogP contribution in [0.1, 0.15) is 11.1 Å². The molecule has 4 rings (SSSR count). The van der Waals surface area contributed by atoms with Gasteiger partial charge in [-0.15, -0.1) is 0 Å². The molecule has 0 spiro atoms. The Labute approximate surface area is 170 Å². The first-order valence-corrected chi connectivity index (χ1v) is 9.89. The zero-order valence-corrected chi connectivity index (χ0v) is 16.6. The minimum atomic E-state index is -0.0745. The maximum absolute atomic E-state index is 12.8. The van der Waals surface area contributed by atoms with Crippen LogP contribution in [0, 0.1) is 0 Å². The Bertz CT molecular complexity index is 856. The fraction of sp³-hybridized carbons (Fsp3) is 0.364. The summed E-state index contributed by atoms with van der Waals surface area (Å²) in [5.74, 6) is 0.802.